The predicted octanol–water partition coefficient (Wildman–Crippen LogP) is 2.39. The molecule has 0 N–H and O–H groups in total. The fraction of sp³-hybridized carbons (Fsp3) is 0. The van der Waals surface area contributed by atoms with Crippen molar-refractivity contribution in [1.82, 2.24) is 4.98 Å². The first-order valence-electron chi connectivity index (χ1n) is 2.07. The first-order chi connectivity index (χ1) is 3.80. The number of halogens is 2. The van der Waals surface area contributed by atoms with Crippen molar-refractivity contribution in [3.05, 3.63) is 28.5 Å². The molecule has 4 heteroatoms. The fourth-order valence-electron chi connectivity index (χ4n) is 0.366. The molecule has 0 radical (unpaired) electrons. The summed E-state index contributed by atoms with van der Waals surface area (Å²) >= 11 is 11.0. The molecule has 1 aromatic rings. The van der Waals surface area contributed by atoms with Crippen LogP contribution in [0.15, 0.2) is 18.3 Å². The minimum Gasteiger partial charge on any atom is -0.243 e. The van der Waals surface area contributed by atoms with Crippen LogP contribution in [0.2, 0.25) is 10.2 Å². The molecule has 52 valence electrons. The van der Waals surface area contributed by atoms with Crippen molar-refractivity contribution in [2.75, 3.05) is 0 Å². The Kier molecular flexibility index (Phi) is 4.21. The molecule has 0 atom stereocenters. The van der Waals surface area contributed by atoms with Gasteiger partial charge in [-0.2, -0.15) is 0 Å². The molecule has 0 unspecified atom stereocenters. The maximum atomic E-state index is 5.51. The summed E-state index contributed by atoms with van der Waals surface area (Å²) in [6.45, 7) is 0. The molecule has 0 bridgehead atoms. The Morgan fingerprint density at radius 3 is 2.33 bits per heavy atom. The van der Waals surface area contributed by atoms with E-state index in [0.717, 1.165) is 0 Å². The number of nitrogens with zero attached hydrogens (tertiary/aromatic N) is 1. The second-order valence-electron chi connectivity index (χ2n) is 1.28. The standard InChI is InChI=1S/C5H3Cl2N.Ni/c6-4-2-1-3-8-5(4)7;/h1-3H;. The van der Waals surface area contributed by atoms with Crippen molar-refractivity contribution in [1.29, 1.82) is 0 Å². The summed E-state index contributed by atoms with van der Waals surface area (Å²) in [4.78, 5) is 3.71. The zero-order valence-electron chi connectivity index (χ0n) is 4.25. The summed E-state index contributed by atoms with van der Waals surface area (Å²) < 4.78 is 0. The van der Waals surface area contributed by atoms with Gasteiger partial charge in [0.25, 0.3) is 0 Å². The third-order valence-corrected chi connectivity index (χ3v) is 1.42. The smallest absolute Gasteiger partial charge is 0.147 e. The van der Waals surface area contributed by atoms with Crippen molar-refractivity contribution in [3.63, 3.8) is 0 Å². The third-order valence-electron chi connectivity index (χ3n) is 0.714. The monoisotopic (exact) mass is 205 g/mol. The summed E-state index contributed by atoms with van der Waals surface area (Å²) in [7, 11) is 0. The molecule has 0 aliphatic rings. The van der Waals surface area contributed by atoms with E-state index in [1.807, 2.05) is 0 Å². The van der Waals surface area contributed by atoms with Crippen molar-refractivity contribution < 1.29 is 16.5 Å². The topological polar surface area (TPSA) is 12.9 Å². The summed E-state index contributed by atoms with van der Waals surface area (Å²) in [6.07, 6.45) is 1.59. The van der Waals surface area contributed by atoms with Crippen molar-refractivity contribution in [2.24, 2.45) is 0 Å². The van der Waals surface area contributed by atoms with Gasteiger partial charge in [0.15, 0.2) is 0 Å². The summed E-state index contributed by atoms with van der Waals surface area (Å²) in [5.74, 6) is 0. The van der Waals surface area contributed by atoms with Crippen LogP contribution in [0.4, 0.5) is 0 Å². The van der Waals surface area contributed by atoms with Gasteiger partial charge in [0.1, 0.15) is 5.15 Å². The minimum atomic E-state index is 0. The van der Waals surface area contributed by atoms with E-state index >= 15 is 0 Å². The number of pyridine rings is 1. The van der Waals surface area contributed by atoms with Gasteiger partial charge in [0.2, 0.25) is 0 Å². The zero-order chi connectivity index (χ0) is 5.98. The molecule has 0 saturated carbocycles. The molecule has 1 heterocycles. The van der Waals surface area contributed by atoms with Crippen LogP contribution in [0.5, 0.6) is 0 Å². The summed E-state index contributed by atoms with van der Waals surface area (Å²) in [6, 6.07) is 3.42. The van der Waals surface area contributed by atoms with Crippen LogP contribution in [0.1, 0.15) is 0 Å². The maximum absolute atomic E-state index is 5.51. The Morgan fingerprint density at radius 2 is 2.00 bits per heavy atom. The molecule has 0 amide bonds. The van der Waals surface area contributed by atoms with E-state index in [4.69, 9.17) is 23.2 Å². The molecule has 0 fully saturated rings. The molecule has 0 aliphatic carbocycles. The Morgan fingerprint density at radius 1 is 1.33 bits per heavy atom. The third kappa shape index (κ3) is 2.53. The number of hydrogen-bond donors (Lipinski definition) is 0. The Balaban J connectivity index is 0.000000640. The first-order valence-corrected chi connectivity index (χ1v) is 2.82. The molecule has 9 heavy (non-hydrogen) atoms. The van der Waals surface area contributed by atoms with Gasteiger partial charge in [-0.05, 0) is 12.1 Å². The molecule has 1 nitrogen and oxygen atoms in total. The maximum Gasteiger partial charge on any atom is 0.147 e. The average Bonchev–Trinajstić information content (AvgIpc) is 1.77. The van der Waals surface area contributed by atoms with Crippen LogP contribution in [0, 0.1) is 0 Å². The molecule has 0 aromatic carbocycles. The van der Waals surface area contributed by atoms with Gasteiger partial charge in [0, 0.05) is 22.7 Å². The van der Waals surface area contributed by atoms with Crippen LogP contribution < -0.4 is 0 Å². The minimum absolute atomic E-state index is 0. The van der Waals surface area contributed by atoms with Crippen molar-refractivity contribution in [2.45, 2.75) is 0 Å². The summed E-state index contributed by atoms with van der Waals surface area (Å²) in [5.41, 5.74) is 0. The van der Waals surface area contributed by atoms with Gasteiger partial charge in [-0.25, -0.2) is 4.98 Å². The SMILES string of the molecule is Clc1cccnc1Cl.[Ni]. The number of rotatable bonds is 0. The largest absolute Gasteiger partial charge is 0.243 e. The van der Waals surface area contributed by atoms with Crippen molar-refractivity contribution >= 4 is 23.2 Å². The second kappa shape index (κ2) is 4.11. The normalized spacial score (nSPS) is 8.22. The Hall–Kier alpha value is 0.224. The summed E-state index contributed by atoms with van der Waals surface area (Å²) in [5, 5.41) is 0.850. The van der Waals surface area contributed by atoms with E-state index in [2.05, 4.69) is 4.98 Å². The zero-order valence-corrected chi connectivity index (χ0v) is 6.75. The van der Waals surface area contributed by atoms with Crippen LogP contribution >= 0.6 is 23.2 Å². The van der Waals surface area contributed by atoms with Crippen LogP contribution in [-0.2, 0) is 16.5 Å². The van der Waals surface area contributed by atoms with E-state index in [0.29, 0.717) is 10.2 Å². The van der Waals surface area contributed by atoms with Gasteiger partial charge in [0.05, 0.1) is 5.02 Å². The van der Waals surface area contributed by atoms with Crippen LogP contribution in [-0.4, -0.2) is 4.98 Å². The van der Waals surface area contributed by atoms with E-state index in [1.54, 1.807) is 18.3 Å². The van der Waals surface area contributed by atoms with Gasteiger partial charge < -0.3 is 0 Å². The van der Waals surface area contributed by atoms with Crippen LogP contribution in [0.25, 0.3) is 0 Å². The fourth-order valence-corrected chi connectivity index (χ4v) is 0.607. The molecule has 1 aromatic heterocycles. The van der Waals surface area contributed by atoms with E-state index in [9.17, 15) is 0 Å². The molecular formula is C5H3Cl2NNi. The first kappa shape index (κ1) is 9.22. The Bertz CT molecular complexity index is 171. The molecule has 0 saturated heterocycles. The second-order valence-corrected chi connectivity index (χ2v) is 2.04. The molecule has 0 spiro atoms. The van der Waals surface area contributed by atoms with E-state index < -0.39 is 0 Å². The molecule has 0 aliphatic heterocycles. The van der Waals surface area contributed by atoms with Gasteiger partial charge in [-0.1, -0.05) is 23.2 Å². The van der Waals surface area contributed by atoms with E-state index in [-0.39, 0.29) is 16.5 Å². The number of aromatic nitrogens is 1. The van der Waals surface area contributed by atoms with Gasteiger partial charge >= 0.3 is 0 Å². The molecule has 1 rings (SSSR count). The van der Waals surface area contributed by atoms with Gasteiger partial charge in [-0.3, -0.25) is 0 Å². The van der Waals surface area contributed by atoms with Crippen LogP contribution in [0.3, 0.4) is 0 Å². The van der Waals surface area contributed by atoms with Gasteiger partial charge in [-0.15, -0.1) is 0 Å². The van der Waals surface area contributed by atoms with E-state index in [1.165, 1.54) is 0 Å². The quantitative estimate of drug-likeness (QED) is 0.469. The predicted molar refractivity (Wildman–Crippen MR) is 34.3 cm³/mol. The number of hydrogen-bond acceptors (Lipinski definition) is 1. The molecular weight excluding hydrogens is 204 g/mol. The van der Waals surface area contributed by atoms with Crippen molar-refractivity contribution in [3.8, 4) is 0 Å². The average molecular weight is 207 g/mol. The Labute approximate surface area is 73.3 Å².